The number of fused-ring (bicyclic) bond motifs is 1. The second-order valence-corrected chi connectivity index (χ2v) is 9.12. The van der Waals surface area contributed by atoms with Crippen molar-refractivity contribution in [2.45, 2.75) is 20.3 Å². The number of rotatable bonds is 8. The molecule has 0 saturated heterocycles. The molecule has 0 bridgehead atoms. The van der Waals surface area contributed by atoms with Crippen molar-refractivity contribution in [1.82, 2.24) is 14.6 Å². The molecule has 0 fully saturated rings. The fraction of sp³-hybridized carbons (Fsp3) is 0.280. The molecule has 0 saturated carbocycles. The number of benzene rings is 2. The van der Waals surface area contributed by atoms with Crippen molar-refractivity contribution in [2.24, 2.45) is 5.92 Å². The highest BCUT2D eigenvalue weighted by Gasteiger charge is 2.13. The third kappa shape index (κ3) is 5.09. The van der Waals surface area contributed by atoms with Gasteiger partial charge < -0.3 is 14.2 Å². The van der Waals surface area contributed by atoms with E-state index in [0.29, 0.717) is 28.6 Å². The van der Waals surface area contributed by atoms with Crippen LogP contribution in [0.1, 0.15) is 30.7 Å². The molecule has 0 atom stereocenters. The van der Waals surface area contributed by atoms with Gasteiger partial charge >= 0.3 is 0 Å². The van der Waals surface area contributed by atoms with E-state index in [-0.39, 0.29) is 22.6 Å². The van der Waals surface area contributed by atoms with Crippen LogP contribution in [0.25, 0.3) is 11.0 Å². The van der Waals surface area contributed by atoms with Gasteiger partial charge in [0.1, 0.15) is 11.4 Å². The summed E-state index contributed by atoms with van der Waals surface area (Å²) in [5.74, 6) is 2.33. The van der Waals surface area contributed by atoms with Crippen molar-refractivity contribution in [3.8, 4) is 17.2 Å². The number of hydrogen-bond acceptors (Lipinski definition) is 8. The van der Waals surface area contributed by atoms with E-state index in [1.54, 1.807) is 26.4 Å². The van der Waals surface area contributed by atoms with Crippen LogP contribution >= 0.6 is 11.3 Å². The van der Waals surface area contributed by atoms with Crippen LogP contribution in [0.3, 0.4) is 0 Å². The maximum absolute atomic E-state index is 13.0. The first-order valence-electron chi connectivity index (χ1n) is 10.8. The van der Waals surface area contributed by atoms with Gasteiger partial charge in [0, 0.05) is 6.42 Å². The van der Waals surface area contributed by atoms with E-state index in [9.17, 15) is 9.59 Å². The van der Waals surface area contributed by atoms with Gasteiger partial charge in [-0.15, -0.1) is 0 Å². The Labute approximate surface area is 200 Å². The van der Waals surface area contributed by atoms with E-state index in [4.69, 9.17) is 14.2 Å². The normalized spacial score (nSPS) is 11.9. The van der Waals surface area contributed by atoms with Crippen LogP contribution in [0.2, 0.25) is 0 Å². The number of thiazole rings is 1. The zero-order valence-electron chi connectivity index (χ0n) is 19.4. The van der Waals surface area contributed by atoms with E-state index < -0.39 is 5.56 Å². The third-order valence-corrected chi connectivity index (χ3v) is 6.00. The van der Waals surface area contributed by atoms with Crippen molar-refractivity contribution in [3.05, 3.63) is 84.5 Å². The molecule has 2 aromatic carbocycles. The van der Waals surface area contributed by atoms with E-state index >= 15 is 0 Å². The molecule has 34 heavy (non-hydrogen) atoms. The first kappa shape index (κ1) is 23.4. The van der Waals surface area contributed by atoms with Crippen molar-refractivity contribution < 1.29 is 14.2 Å². The molecule has 0 unspecified atom stereocenters. The minimum atomic E-state index is -0.447. The molecule has 176 valence electrons. The zero-order chi connectivity index (χ0) is 24.2. The molecule has 0 spiro atoms. The number of ether oxygens (including phenoxy) is 3. The van der Waals surface area contributed by atoms with E-state index in [0.717, 1.165) is 28.2 Å². The number of hydrogen-bond donors (Lipinski definition) is 0. The predicted molar refractivity (Wildman–Crippen MR) is 131 cm³/mol. The number of aromatic nitrogens is 3. The molecular formula is C25H25N3O5S. The smallest absolute Gasteiger partial charge is 0.296 e. The highest BCUT2D eigenvalue weighted by Crippen LogP contribution is 2.28. The molecule has 0 amide bonds. The third-order valence-electron chi connectivity index (χ3n) is 5.04. The van der Waals surface area contributed by atoms with Crippen LogP contribution in [0.4, 0.5) is 0 Å². The predicted octanol–water partition coefficient (Wildman–Crippen LogP) is 2.70. The molecule has 0 aliphatic rings. The summed E-state index contributed by atoms with van der Waals surface area (Å²) in [5, 5.41) is 4.31. The first-order valence-corrected chi connectivity index (χ1v) is 11.6. The highest BCUT2D eigenvalue weighted by atomic mass is 32.1. The molecule has 9 heteroatoms. The minimum Gasteiger partial charge on any atom is -0.497 e. The summed E-state index contributed by atoms with van der Waals surface area (Å²) in [6.45, 7) is 4.72. The van der Waals surface area contributed by atoms with Gasteiger partial charge in [0.2, 0.25) is 4.96 Å². The van der Waals surface area contributed by atoms with Gasteiger partial charge in [-0.2, -0.15) is 14.6 Å². The summed E-state index contributed by atoms with van der Waals surface area (Å²) in [5.41, 5.74) is 1.06. The van der Waals surface area contributed by atoms with Gasteiger partial charge in [0.25, 0.3) is 11.1 Å². The molecule has 0 aliphatic carbocycles. The molecular weight excluding hydrogens is 454 g/mol. The lowest BCUT2D eigenvalue weighted by atomic mass is 10.1. The van der Waals surface area contributed by atoms with E-state index in [1.807, 2.05) is 36.4 Å². The van der Waals surface area contributed by atoms with Gasteiger partial charge in [-0.05, 0) is 47.4 Å². The van der Waals surface area contributed by atoms with Crippen LogP contribution in [0, 0.1) is 5.92 Å². The van der Waals surface area contributed by atoms with Gasteiger partial charge in [0.15, 0.2) is 11.5 Å². The second kappa shape index (κ2) is 10.0. The zero-order valence-corrected chi connectivity index (χ0v) is 20.2. The minimum absolute atomic E-state index is 0.206. The molecule has 4 aromatic rings. The van der Waals surface area contributed by atoms with Gasteiger partial charge in [-0.1, -0.05) is 43.4 Å². The summed E-state index contributed by atoms with van der Waals surface area (Å²) in [6.07, 6.45) is 1.99. The molecule has 4 rings (SSSR count). The molecule has 0 radical (unpaired) electrons. The lowest BCUT2D eigenvalue weighted by Crippen LogP contribution is -2.28. The Kier molecular flexibility index (Phi) is 6.93. The fourth-order valence-electron chi connectivity index (χ4n) is 3.29. The Morgan fingerprint density at radius 3 is 2.47 bits per heavy atom. The molecule has 8 nitrogen and oxygen atoms in total. The van der Waals surface area contributed by atoms with Crippen LogP contribution in [0.5, 0.6) is 17.2 Å². The maximum atomic E-state index is 13.0. The maximum Gasteiger partial charge on any atom is 0.296 e. The summed E-state index contributed by atoms with van der Waals surface area (Å²) in [6, 6.07) is 12.8. The Hall–Kier alpha value is -3.72. The highest BCUT2D eigenvalue weighted by molar-refractivity contribution is 7.15. The van der Waals surface area contributed by atoms with Crippen molar-refractivity contribution in [2.75, 3.05) is 20.8 Å². The molecule has 2 aromatic heterocycles. The van der Waals surface area contributed by atoms with E-state index in [1.165, 1.54) is 4.52 Å². The summed E-state index contributed by atoms with van der Waals surface area (Å²) < 4.78 is 18.0. The first-order chi connectivity index (χ1) is 16.4. The summed E-state index contributed by atoms with van der Waals surface area (Å²) >= 11 is 1.12. The second-order valence-electron chi connectivity index (χ2n) is 8.11. The average Bonchev–Trinajstić information content (AvgIpc) is 3.12. The Bertz CT molecular complexity index is 1480. The SMILES string of the molecule is COc1ccc(Cc2nn3c(=O)/c(=C/c4ccc(OCC(C)C)c(OC)c4)sc3nc2=O)cc1. The number of nitrogens with zero attached hydrogens (tertiary/aromatic N) is 3. The fourth-order valence-corrected chi connectivity index (χ4v) is 4.19. The van der Waals surface area contributed by atoms with Crippen molar-refractivity contribution >= 4 is 22.4 Å². The molecule has 0 aliphatic heterocycles. The monoisotopic (exact) mass is 479 g/mol. The summed E-state index contributed by atoms with van der Waals surface area (Å²) in [7, 11) is 3.16. The number of methoxy groups -OCH3 is 2. The van der Waals surface area contributed by atoms with Crippen molar-refractivity contribution in [3.63, 3.8) is 0 Å². The van der Waals surface area contributed by atoms with Crippen molar-refractivity contribution in [1.29, 1.82) is 0 Å². The lowest BCUT2D eigenvalue weighted by Gasteiger charge is -2.12. The lowest BCUT2D eigenvalue weighted by molar-refractivity contribution is 0.257. The molecule has 2 heterocycles. The van der Waals surface area contributed by atoms with Gasteiger partial charge in [0.05, 0.1) is 25.4 Å². The largest absolute Gasteiger partial charge is 0.497 e. The Morgan fingerprint density at radius 1 is 1.03 bits per heavy atom. The standard InChI is InChI=1S/C25H25N3O5S/c1-15(2)14-33-20-10-7-17(12-21(20)32-4)13-22-24(30)28-25(34-22)26-23(29)19(27-28)11-16-5-8-18(31-3)9-6-16/h5-10,12-13,15H,11,14H2,1-4H3/b22-13-. The Balaban J connectivity index is 1.68. The topological polar surface area (TPSA) is 92.0 Å². The average molecular weight is 480 g/mol. The summed E-state index contributed by atoms with van der Waals surface area (Å²) in [4.78, 5) is 29.9. The molecule has 0 N–H and O–H groups in total. The van der Waals surface area contributed by atoms with Crippen LogP contribution in [0.15, 0.2) is 52.1 Å². The van der Waals surface area contributed by atoms with Gasteiger partial charge in [-0.3, -0.25) is 9.59 Å². The van der Waals surface area contributed by atoms with Crippen LogP contribution in [-0.4, -0.2) is 35.4 Å². The van der Waals surface area contributed by atoms with Crippen LogP contribution < -0.4 is 29.9 Å². The van der Waals surface area contributed by atoms with E-state index in [2.05, 4.69) is 23.9 Å². The quantitative estimate of drug-likeness (QED) is 0.384. The Morgan fingerprint density at radius 2 is 1.79 bits per heavy atom. The van der Waals surface area contributed by atoms with Gasteiger partial charge in [-0.25, -0.2) is 0 Å². The van der Waals surface area contributed by atoms with Crippen LogP contribution in [-0.2, 0) is 6.42 Å².